The topological polar surface area (TPSA) is 95.6 Å². The van der Waals surface area contributed by atoms with Crippen LogP contribution in [0.4, 0.5) is 11.4 Å². The third kappa shape index (κ3) is 6.67. The number of nitrogens with zero attached hydrogens (tertiary/aromatic N) is 1. The molecule has 3 rings (SSSR count). The van der Waals surface area contributed by atoms with Crippen molar-refractivity contribution in [2.24, 2.45) is 0 Å². The average Bonchev–Trinajstić information content (AvgIpc) is 2.73. The predicted octanol–water partition coefficient (Wildman–Crippen LogP) is 3.76. The van der Waals surface area contributed by atoms with Gasteiger partial charge < -0.3 is 10.6 Å². The van der Waals surface area contributed by atoms with Crippen LogP contribution in [0.5, 0.6) is 0 Å². The number of carbonyl (C=O) groups excluding carboxylic acids is 2. The van der Waals surface area contributed by atoms with Gasteiger partial charge in [-0.25, -0.2) is 8.42 Å². The molecule has 9 heteroatoms. The Morgan fingerprint density at radius 3 is 2.32 bits per heavy atom. The minimum absolute atomic E-state index is 0.145. The van der Waals surface area contributed by atoms with Crippen molar-refractivity contribution >= 4 is 55.8 Å². The van der Waals surface area contributed by atoms with Crippen molar-refractivity contribution in [3.63, 3.8) is 0 Å². The summed E-state index contributed by atoms with van der Waals surface area (Å²) in [7, 11) is -3.67. The summed E-state index contributed by atoms with van der Waals surface area (Å²) in [5.41, 5.74) is 1.12. The van der Waals surface area contributed by atoms with Crippen LogP contribution in [0.25, 0.3) is 0 Å². The van der Waals surface area contributed by atoms with Crippen LogP contribution < -0.4 is 14.9 Å². The molecule has 2 aromatic carbocycles. The second-order valence-corrected chi connectivity index (χ2v) is 10.8. The second kappa shape index (κ2) is 10.4. The van der Waals surface area contributed by atoms with Crippen molar-refractivity contribution in [2.75, 3.05) is 22.4 Å². The average molecular weight is 555 g/mol. The van der Waals surface area contributed by atoms with Crippen molar-refractivity contribution in [3.05, 3.63) is 57.7 Å². The lowest BCUT2D eigenvalue weighted by atomic mass is 9.95. The first-order chi connectivity index (χ1) is 14.7. The Hall–Kier alpha value is -2.14. The zero-order valence-corrected chi connectivity index (χ0v) is 20.3. The predicted molar refractivity (Wildman–Crippen MR) is 131 cm³/mol. The summed E-state index contributed by atoms with van der Waals surface area (Å²) < 4.78 is 26.6. The number of amides is 2. The molecule has 0 atom stereocenters. The highest BCUT2D eigenvalue weighted by molar-refractivity contribution is 14.1. The molecular formula is C22H26IN3O4S. The third-order valence-electron chi connectivity index (χ3n) is 5.19. The lowest BCUT2D eigenvalue weighted by molar-refractivity contribution is -0.114. The van der Waals surface area contributed by atoms with E-state index in [1.807, 2.05) is 0 Å². The van der Waals surface area contributed by atoms with Crippen molar-refractivity contribution in [3.8, 4) is 0 Å². The van der Waals surface area contributed by atoms with Gasteiger partial charge in [-0.05, 0) is 71.8 Å². The zero-order valence-electron chi connectivity index (χ0n) is 17.3. The summed E-state index contributed by atoms with van der Waals surface area (Å²) in [6, 6.07) is 13.8. The molecule has 0 bridgehead atoms. The van der Waals surface area contributed by atoms with E-state index in [1.54, 1.807) is 48.5 Å². The normalized spacial score (nSPS) is 14.6. The molecular weight excluding hydrogens is 529 g/mol. The van der Waals surface area contributed by atoms with Crippen LogP contribution in [0.1, 0.15) is 42.5 Å². The molecule has 0 aromatic heterocycles. The highest BCUT2D eigenvalue weighted by Gasteiger charge is 2.23. The Bertz CT molecular complexity index is 1030. The van der Waals surface area contributed by atoms with Gasteiger partial charge in [-0.15, -0.1) is 0 Å². The van der Waals surface area contributed by atoms with E-state index in [4.69, 9.17) is 0 Å². The minimum atomic E-state index is -3.67. The smallest absolute Gasteiger partial charge is 0.253 e. The summed E-state index contributed by atoms with van der Waals surface area (Å²) in [6.07, 6.45) is 6.37. The molecule has 0 aliphatic heterocycles. The van der Waals surface area contributed by atoms with Gasteiger partial charge in [0.05, 0.1) is 23.2 Å². The number of nitrogens with one attached hydrogen (secondary N) is 2. The molecule has 166 valence electrons. The molecule has 0 heterocycles. The third-order valence-corrected chi connectivity index (χ3v) is 7.05. The highest BCUT2D eigenvalue weighted by atomic mass is 127. The van der Waals surface area contributed by atoms with Crippen molar-refractivity contribution in [2.45, 2.75) is 38.1 Å². The number of para-hydroxylation sites is 1. The van der Waals surface area contributed by atoms with Crippen LogP contribution in [-0.4, -0.2) is 39.1 Å². The molecule has 31 heavy (non-hydrogen) atoms. The van der Waals surface area contributed by atoms with Gasteiger partial charge in [0.2, 0.25) is 15.9 Å². The largest absolute Gasteiger partial charge is 0.349 e. The first kappa shape index (κ1) is 23.5. The molecule has 1 aliphatic carbocycles. The Balaban J connectivity index is 1.73. The van der Waals surface area contributed by atoms with Crippen LogP contribution >= 0.6 is 22.6 Å². The monoisotopic (exact) mass is 555 g/mol. The maximum atomic E-state index is 12.8. The second-order valence-electron chi connectivity index (χ2n) is 7.65. The molecule has 1 aliphatic rings. The summed E-state index contributed by atoms with van der Waals surface area (Å²) in [5, 5.41) is 5.75. The molecule has 2 N–H and O–H groups in total. The summed E-state index contributed by atoms with van der Waals surface area (Å²) in [4.78, 5) is 25.5. The number of rotatable bonds is 7. The lowest BCUT2D eigenvalue weighted by Crippen LogP contribution is -2.38. The van der Waals surface area contributed by atoms with Crippen LogP contribution in [0.2, 0.25) is 0 Å². The fourth-order valence-corrected chi connectivity index (χ4v) is 4.84. The molecule has 0 radical (unpaired) electrons. The maximum Gasteiger partial charge on any atom is 0.253 e. The first-order valence-electron chi connectivity index (χ1n) is 10.2. The fraction of sp³-hybridized carbons (Fsp3) is 0.364. The minimum Gasteiger partial charge on any atom is -0.349 e. The van der Waals surface area contributed by atoms with E-state index in [0.717, 1.165) is 39.8 Å². The number of hydrogen-bond acceptors (Lipinski definition) is 4. The number of hydrogen-bond donors (Lipinski definition) is 2. The van der Waals surface area contributed by atoms with Crippen LogP contribution in [0.15, 0.2) is 48.5 Å². The van der Waals surface area contributed by atoms with Gasteiger partial charge in [0.1, 0.15) is 6.54 Å². The molecule has 0 saturated heterocycles. The van der Waals surface area contributed by atoms with Gasteiger partial charge in [0.15, 0.2) is 0 Å². The summed E-state index contributed by atoms with van der Waals surface area (Å²) in [5.74, 6) is -0.762. The number of anilines is 2. The van der Waals surface area contributed by atoms with Crippen LogP contribution in [-0.2, 0) is 14.8 Å². The summed E-state index contributed by atoms with van der Waals surface area (Å²) >= 11 is 2.13. The van der Waals surface area contributed by atoms with E-state index in [2.05, 4.69) is 33.2 Å². The van der Waals surface area contributed by atoms with Gasteiger partial charge in [0.25, 0.3) is 5.91 Å². The number of sulfonamides is 1. The van der Waals surface area contributed by atoms with Crippen molar-refractivity contribution in [1.29, 1.82) is 0 Å². The van der Waals surface area contributed by atoms with E-state index in [1.165, 1.54) is 6.42 Å². The number of benzene rings is 2. The van der Waals surface area contributed by atoms with Gasteiger partial charge in [-0.1, -0.05) is 31.4 Å². The number of carbonyl (C=O) groups is 2. The van der Waals surface area contributed by atoms with Gasteiger partial charge in [0, 0.05) is 9.61 Å². The summed E-state index contributed by atoms with van der Waals surface area (Å²) in [6.45, 7) is -0.391. The molecule has 2 amide bonds. The molecule has 2 aromatic rings. The number of halogens is 1. The van der Waals surface area contributed by atoms with Crippen LogP contribution in [0, 0.1) is 3.57 Å². The van der Waals surface area contributed by atoms with E-state index >= 15 is 0 Å². The van der Waals surface area contributed by atoms with E-state index in [-0.39, 0.29) is 11.9 Å². The first-order valence-corrected chi connectivity index (χ1v) is 13.1. The van der Waals surface area contributed by atoms with Crippen molar-refractivity contribution in [1.82, 2.24) is 5.32 Å². The maximum absolute atomic E-state index is 12.8. The molecule has 1 fully saturated rings. The molecule has 1 saturated carbocycles. The zero-order chi connectivity index (χ0) is 22.4. The Labute approximate surface area is 196 Å². The van der Waals surface area contributed by atoms with Gasteiger partial charge >= 0.3 is 0 Å². The lowest BCUT2D eigenvalue weighted by Gasteiger charge is -2.24. The standard InChI is InChI=1S/C22H26IN3O4S/c1-31(29,30)26(18-13-11-16(23)12-14-18)15-21(27)25-20-10-6-5-9-19(20)22(28)24-17-7-3-2-4-8-17/h5-6,9-14,17H,2-4,7-8,15H2,1H3,(H,24,28)(H,25,27). The van der Waals surface area contributed by atoms with Gasteiger partial charge in [-0.2, -0.15) is 0 Å². The quantitative estimate of drug-likeness (QED) is 0.509. The molecule has 7 nitrogen and oxygen atoms in total. The Morgan fingerprint density at radius 1 is 1.03 bits per heavy atom. The van der Waals surface area contributed by atoms with E-state index in [0.29, 0.717) is 16.9 Å². The highest BCUT2D eigenvalue weighted by Crippen LogP contribution is 2.22. The Kier molecular flexibility index (Phi) is 7.93. The Morgan fingerprint density at radius 2 is 1.68 bits per heavy atom. The SMILES string of the molecule is CS(=O)(=O)N(CC(=O)Nc1ccccc1C(=O)NC1CCCCC1)c1ccc(I)cc1. The van der Waals surface area contributed by atoms with Gasteiger partial charge in [-0.3, -0.25) is 13.9 Å². The van der Waals surface area contributed by atoms with Crippen LogP contribution in [0.3, 0.4) is 0 Å². The molecule has 0 unspecified atom stereocenters. The van der Waals surface area contributed by atoms with E-state index < -0.39 is 22.5 Å². The molecule has 0 spiro atoms. The fourth-order valence-electron chi connectivity index (χ4n) is 3.63. The van der Waals surface area contributed by atoms with E-state index in [9.17, 15) is 18.0 Å². The van der Waals surface area contributed by atoms with Crippen molar-refractivity contribution < 1.29 is 18.0 Å².